The molecule has 2 aromatic heterocycles. The van der Waals surface area contributed by atoms with E-state index in [1.54, 1.807) is 36.7 Å². The molecule has 1 N–H and O–H groups in total. The molecule has 0 amide bonds. The summed E-state index contributed by atoms with van der Waals surface area (Å²) in [5.74, 6) is 0.573. The van der Waals surface area contributed by atoms with E-state index in [0.29, 0.717) is 44.6 Å². The summed E-state index contributed by atoms with van der Waals surface area (Å²) in [4.78, 5) is 4.11. The fourth-order valence-electron chi connectivity index (χ4n) is 3.10. The number of rotatable bonds is 5. The van der Waals surface area contributed by atoms with Gasteiger partial charge in [0, 0.05) is 35.0 Å². The lowest BCUT2D eigenvalue weighted by Gasteiger charge is -2.13. The first-order valence-electron chi connectivity index (χ1n) is 8.69. The predicted molar refractivity (Wildman–Crippen MR) is 110 cm³/mol. The molecule has 2 aromatic carbocycles. The summed E-state index contributed by atoms with van der Waals surface area (Å²) in [5, 5.41) is 16.3. The van der Waals surface area contributed by atoms with Crippen molar-refractivity contribution in [3.8, 4) is 11.3 Å². The van der Waals surface area contributed by atoms with Crippen molar-refractivity contribution in [1.82, 2.24) is 10.1 Å². The highest BCUT2D eigenvalue weighted by Crippen LogP contribution is 2.38. The van der Waals surface area contributed by atoms with Crippen LogP contribution in [-0.4, -0.2) is 15.2 Å². The van der Waals surface area contributed by atoms with E-state index >= 15 is 0 Å². The Hall–Kier alpha value is -2.66. The monoisotopic (exact) mass is 410 g/mol. The largest absolute Gasteiger partial charge is 0.383 e. The second-order valence-electron chi connectivity index (χ2n) is 6.34. The van der Waals surface area contributed by atoms with Crippen LogP contribution in [0.1, 0.15) is 28.6 Å². The molecule has 28 heavy (non-hydrogen) atoms. The quantitative estimate of drug-likeness (QED) is 0.457. The first-order chi connectivity index (χ1) is 13.6. The van der Waals surface area contributed by atoms with Gasteiger partial charge < -0.3 is 9.63 Å². The highest BCUT2D eigenvalue weighted by atomic mass is 35.5. The molecule has 0 spiro atoms. The normalized spacial score (nSPS) is 12.1. The summed E-state index contributed by atoms with van der Waals surface area (Å²) in [5.41, 5.74) is 3.40. The van der Waals surface area contributed by atoms with E-state index in [0.717, 1.165) is 5.56 Å². The highest BCUT2D eigenvalue weighted by molar-refractivity contribution is 6.36. The minimum absolute atomic E-state index is 0.437. The van der Waals surface area contributed by atoms with E-state index in [4.69, 9.17) is 27.7 Å². The summed E-state index contributed by atoms with van der Waals surface area (Å²) in [6.45, 7) is 0. The third-order valence-corrected chi connectivity index (χ3v) is 5.02. The average Bonchev–Trinajstić information content (AvgIpc) is 3.12. The third-order valence-electron chi connectivity index (χ3n) is 4.47. The van der Waals surface area contributed by atoms with Crippen molar-refractivity contribution in [2.75, 3.05) is 0 Å². The number of benzene rings is 2. The van der Waals surface area contributed by atoms with Gasteiger partial charge in [-0.3, -0.25) is 4.98 Å². The van der Waals surface area contributed by atoms with Gasteiger partial charge in [0.25, 0.3) is 0 Å². The minimum atomic E-state index is -0.958. The molecule has 0 saturated heterocycles. The number of aliphatic hydroxyl groups excluding tert-OH is 1. The van der Waals surface area contributed by atoms with Crippen LogP contribution in [0.15, 0.2) is 77.6 Å². The molecule has 0 aliphatic carbocycles. The molecule has 140 valence electrons. The van der Waals surface area contributed by atoms with Crippen molar-refractivity contribution in [2.24, 2.45) is 0 Å². The molecule has 0 aliphatic rings. The van der Waals surface area contributed by atoms with E-state index in [1.807, 2.05) is 36.4 Å². The Balaban J connectivity index is 1.84. The van der Waals surface area contributed by atoms with Crippen LogP contribution < -0.4 is 0 Å². The van der Waals surface area contributed by atoms with E-state index in [-0.39, 0.29) is 0 Å². The number of aliphatic hydroxyl groups is 1. The van der Waals surface area contributed by atoms with E-state index in [2.05, 4.69) is 10.1 Å². The van der Waals surface area contributed by atoms with Gasteiger partial charge in [-0.15, -0.1) is 0 Å². The van der Waals surface area contributed by atoms with Crippen molar-refractivity contribution in [3.05, 3.63) is 106 Å². The van der Waals surface area contributed by atoms with Crippen molar-refractivity contribution in [3.63, 3.8) is 0 Å². The number of aromatic nitrogens is 2. The average molecular weight is 411 g/mol. The van der Waals surface area contributed by atoms with Gasteiger partial charge in [-0.25, -0.2) is 0 Å². The van der Waals surface area contributed by atoms with Crippen molar-refractivity contribution in [1.29, 1.82) is 0 Å². The number of hydrogen-bond donors (Lipinski definition) is 1. The van der Waals surface area contributed by atoms with Gasteiger partial charge in [0.15, 0.2) is 0 Å². The van der Waals surface area contributed by atoms with Crippen LogP contribution in [0.4, 0.5) is 0 Å². The maximum absolute atomic E-state index is 11.1. The van der Waals surface area contributed by atoms with Gasteiger partial charge in [0.1, 0.15) is 17.6 Å². The Morgan fingerprint density at radius 2 is 1.82 bits per heavy atom. The Kier molecular flexibility index (Phi) is 5.44. The van der Waals surface area contributed by atoms with E-state index in [9.17, 15) is 5.11 Å². The van der Waals surface area contributed by atoms with Gasteiger partial charge in [-0.1, -0.05) is 64.8 Å². The molecule has 4 aromatic rings. The molecule has 1 atom stereocenters. The van der Waals surface area contributed by atoms with Crippen molar-refractivity contribution < 1.29 is 9.63 Å². The first kappa shape index (κ1) is 18.7. The van der Waals surface area contributed by atoms with E-state index < -0.39 is 6.10 Å². The molecule has 0 radical (unpaired) electrons. The van der Waals surface area contributed by atoms with Crippen LogP contribution in [0.25, 0.3) is 11.3 Å². The van der Waals surface area contributed by atoms with Gasteiger partial charge in [0.05, 0.1) is 10.6 Å². The fourth-order valence-corrected chi connectivity index (χ4v) is 3.60. The second-order valence-corrected chi connectivity index (χ2v) is 7.19. The lowest BCUT2D eigenvalue weighted by atomic mass is 9.95. The Labute approximate surface area is 172 Å². The molecule has 0 saturated carbocycles. The first-order valence-corrected chi connectivity index (χ1v) is 9.45. The molecule has 2 heterocycles. The molecule has 0 bridgehead atoms. The van der Waals surface area contributed by atoms with Crippen LogP contribution in [0.3, 0.4) is 0 Å². The topological polar surface area (TPSA) is 59.2 Å². The minimum Gasteiger partial charge on any atom is -0.383 e. The lowest BCUT2D eigenvalue weighted by Crippen LogP contribution is -2.04. The number of nitrogens with zero attached hydrogens (tertiary/aromatic N) is 2. The van der Waals surface area contributed by atoms with Crippen molar-refractivity contribution >= 4 is 23.2 Å². The molecule has 6 heteroatoms. The molecule has 4 rings (SSSR count). The highest BCUT2D eigenvalue weighted by Gasteiger charge is 2.26. The third kappa shape index (κ3) is 3.80. The molecule has 0 fully saturated rings. The molecular weight excluding hydrogens is 395 g/mol. The summed E-state index contributed by atoms with van der Waals surface area (Å²) in [6, 6.07) is 18.6. The van der Waals surface area contributed by atoms with Gasteiger partial charge in [-0.05, 0) is 29.8 Å². The summed E-state index contributed by atoms with van der Waals surface area (Å²) in [7, 11) is 0. The van der Waals surface area contributed by atoms with Crippen LogP contribution in [-0.2, 0) is 6.42 Å². The van der Waals surface area contributed by atoms with E-state index in [1.165, 1.54) is 0 Å². The zero-order valence-electron chi connectivity index (χ0n) is 14.7. The van der Waals surface area contributed by atoms with Gasteiger partial charge >= 0.3 is 0 Å². The number of pyridine rings is 1. The van der Waals surface area contributed by atoms with Crippen LogP contribution >= 0.6 is 23.2 Å². The molecular formula is C22H16Cl2N2O2. The standard InChI is InChI=1S/C22H16Cl2N2O2/c23-16-8-9-17(18(24)12-16)21-20(22(27)15-7-4-10-25-13-15)19(28-26-21)11-14-5-2-1-3-6-14/h1-10,12-13,22,27H,11H2. The SMILES string of the molecule is OC(c1cccnc1)c1c(-c2ccc(Cl)cc2Cl)noc1Cc1ccccc1. The summed E-state index contributed by atoms with van der Waals surface area (Å²) in [6.07, 6.45) is 2.81. The zero-order valence-corrected chi connectivity index (χ0v) is 16.2. The Bertz CT molecular complexity index is 1080. The molecule has 1 unspecified atom stereocenters. The smallest absolute Gasteiger partial charge is 0.147 e. The van der Waals surface area contributed by atoms with Gasteiger partial charge in [0.2, 0.25) is 0 Å². The van der Waals surface area contributed by atoms with Crippen LogP contribution in [0.5, 0.6) is 0 Å². The zero-order chi connectivity index (χ0) is 19.5. The second kappa shape index (κ2) is 8.15. The lowest BCUT2D eigenvalue weighted by molar-refractivity contribution is 0.217. The fraction of sp³-hybridized carbons (Fsp3) is 0.0909. The van der Waals surface area contributed by atoms with Crippen LogP contribution in [0, 0.1) is 0 Å². The summed E-state index contributed by atoms with van der Waals surface area (Å²) >= 11 is 12.4. The number of hydrogen-bond acceptors (Lipinski definition) is 4. The predicted octanol–water partition coefficient (Wildman–Crippen LogP) is 5.72. The van der Waals surface area contributed by atoms with Crippen LogP contribution in [0.2, 0.25) is 10.0 Å². The Morgan fingerprint density at radius 1 is 1.00 bits per heavy atom. The van der Waals surface area contributed by atoms with Crippen molar-refractivity contribution in [2.45, 2.75) is 12.5 Å². The molecule has 4 nitrogen and oxygen atoms in total. The van der Waals surface area contributed by atoms with Gasteiger partial charge in [-0.2, -0.15) is 0 Å². The maximum atomic E-state index is 11.1. The molecule has 0 aliphatic heterocycles. The Morgan fingerprint density at radius 3 is 2.54 bits per heavy atom. The maximum Gasteiger partial charge on any atom is 0.147 e. The number of halogens is 2. The summed E-state index contributed by atoms with van der Waals surface area (Å²) < 4.78 is 5.66.